The van der Waals surface area contributed by atoms with Crippen molar-refractivity contribution in [1.82, 2.24) is 14.7 Å². The van der Waals surface area contributed by atoms with Crippen LogP contribution >= 0.6 is 11.3 Å². The second kappa shape index (κ2) is 4.83. The maximum atomic E-state index is 12.4. The van der Waals surface area contributed by atoms with Crippen molar-refractivity contribution < 1.29 is 4.79 Å². The summed E-state index contributed by atoms with van der Waals surface area (Å²) in [6.07, 6.45) is 9.28. The number of carbonyl (C=O) groups excluding carboxylic acids is 1. The summed E-state index contributed by atoms with van der Waals surface area (Å²) in [7, 11) is 0. The molecule has 0 aliphatic heterocycles. The van der Waals surface area contributed by atoms with Gasteiger partial charge in [0.15, 0.2) is 4.96 Å². The molecule has 2 aliphatic rings. The van der Waals surface area contributed by atoms with E-state index in [1.54, 1.807) is 11.3 Å². The highest BCUT2D eigenvalue weighted by Crippen LogP contribution is 2.49. The minimum atomic E-state index is -0.0289. The van der Waals surface area contributed by atoms with Gasteiger partial charge in [0.05, 0.1) is 0 Å². The van der Waals surface area contributed by atoms with Crippen LogP contribution in [0.4, 0.5) is 0 Å². The van der Waals surface area contributed by atoms with Gasteiger partial charge in [0, 0.05) is 23.3 Å². The molecule has 1 N–H and O–H groups in total. The Morgan fingerprint density at radius 2 is 2.29 bits per heavy atom. The molecular formula is C16H21N3OS. The molecule has 5 heteroatoms. The Morgan fingerprint density at radius 1 is 1.43 bits per heavy atom. The topological polar surface area (TPSA) is 46.4 Å². The van der Waals surface area contributed by atoms with Crippen LogP contribution in [0.15, 0.2) is 12.4 Å². The number of carbonyl (C=O) groups is 1. The highest BCUT2D eigenvalue weighted by atomic mass is 32.1. The molecule has 0 saturated heterocycles. The number of nitrogens with one attached hydrogen (secondary N) is 1. The summed E-state index contributed by atoms with van der Waals surface area (Å²) in [6.45, 7) is 4.21. The molecule has 2 saturated carbocycles. The molecule has 1 amide bonds. The molecule has 2 aliphatic carbocycles. The van der Waals surface area contributed by atoms with Gasteiger partial charge < -0.3 is 5.32 Å². The Hall–Kier alpha value is -1.36. The van der Waals surface area contributed by atoms with Gasteiger partial charge in [-0.25, -0.2) is 4.98 Å². The summed E-state index contributed by atoms with van der Waals surface area (Å²) in [5.41, 5.74) is 0.538. The number of hydrogen-bond acceptors (Lipinski definition) is 3. The number of rotatable bonds is 3. The largest absolute Gasteiger partial charge is 0.348 e. The van der Waals surface area contributed by atoms with E-state index in [0.717, 1.165) is 16.8 Å². The molecule has 2 aromatic heterocycles. The molecular weight excluding hydrogens is 282 g/mol. The van der Waals surface area contributed by atoms with Gasteiger partial charge in [-0.3, -0.25) is 9.20 Å². The highest BCUT2D eigenvalue weighted by molar-refractivity contribution is 7.17. The molecule has 0 spiro atoms. The molecule has 112 valence electrons. The van der Waals surface area contributed by atoms with E-state index in [2.05, 4.69) is 24.1 Å². The lowest BCUT2D eigenvalue weighted by Crippen LogP contribution is -2.40. The third-order valence-electron chi connectivity index (χ3n) is 5.30. The Bertz CT molecular complexity index is 657. The molecule has 4 unspecified atom stereocenters. The van der Waals surface area contributed by atoms with E-state index in [-0.39, 0.29) is 11.9 Å². The predicted molar refractivity (Wildman–Crippen MR) is 83.7 cm³/mol. The summed E-state index contributed by atoms with van der Waals surface area (Å²) in [4.78, 5) is 18.9. The van der Waals surface area contributed by atoms with Gasteiger partial charge in [-0.2, -0.15) is 0 Å². The van der Waals surface area contributed by atoms with Crippen LogP contribution in [-0.2, 0) is 0 Å². The van der Waals surface area contributed by atoms with Gasteiger partial charge >= 0.3 is 0 Å². The van der Waals surface area contributed by atoms with Crippen LogP contribution in [0.25, 0.3) is 4.96 Å². The monoisotopic (exact) mass is 303 g/mol. The molecule has 4 atom stereocenters. The zero-order chi connectivity index (χ0) is 14.6. The number of aryl methyl sites for hydroxylation is 1. The first-order chi connectivity index (χ1) is 10.1. The summed E-state index contributed by atoms with van der Waals surface area (Å²) >= 11 is 1.62. The number of imidazole rings is 1. The van der Waals surface area contributed by atoms with Gasteiger partial charge in [0.1, 0.15) is 5.69 Å². The maximum Gasteiger partial charge on any atom is 0.271 e. The summed E-state index contributed by atoms with van der Waals surface area (Å²) in [6, 6.07) is 0.259. The van der Waals surface area contributed by atoms with Crippen molar-refractivity contribution in [2.75, 3.05) is 0 Å². The first-order valence-electron chi connectivity index (χ1n) is 7.86. The SMILES string of the molecule is Cc1cn2cc(C(=O)NC(C)C3CC4CCC3C4)nc2s1. The van der Waals surface area contributed by atoms with Crippen LogP contribution in [0.2, 0.25) is 0 Å². The first kappa shape index (κ1) is 13.3. The van der Waals surface area contributed by atoms with Crippen molar-refractivity contribution in [2.24, 2.45) is 17.8 Å². The quantitative estimate of drug-likeness (QED) is 0.946. The molecule has 2 fully saturated rings. The molecule has 4 nitrogen and oxygen atoms in total. The van der Waals surface area contributed by atoms with Crippen LogP contribution in [0.1, 0.15) is 48.0 Å². The number of fused-ring (bicyclic) bond motifs is 3. The fourth-order valence-electron chi connectivity index (χ4n) is 4.31. The van der Waals surface area contributed by atoms with Gasteiger partial charge in [-0.05, 0) is 50.9 Å². The van der Waals surface area contributed by atoms with Crippen LogP contribution < -0.4 is 5.32 Å². The van der Waals surface area contributed by atoms with E-state index in [4.69, 9.17) is 0 Å². The summed E-state index contributed by atoms with van der Waals surface area (Å²) < 4.78 is 1.94. The van der Waals surface area contributed by atoms with Crippen LogP contribution in [0.3, 0.4) is 0 Å². The van der Waals surface area contributed by atoms with Crippen LogP contribution in [0, 0.1) is 24.7 Å². The van der Waals surface area contributed by atoms with Crippen molar-refractivity contribution in [3.8, 4) is 0 Å². The molecule has 2 bridgehead atoms. The zero-order valence-electron chi connectivity index (χ0n) is 12.5. The summed E-state index contributed by atoms with van der Waals surface area (Å²) in [5, 5.41) is 3.18. The van der Waals surface area contributed by atoms with Crippen molar-refractivity contribution in [1.29, 1.82) is 0 Å². The summed E-state index contributed by atoms with van der Waals surface area (Å²) in [5.74, 6) is 2.39. The average Bonchev–Trinajstić information content (AvgIpc) is 3.15. The van der Waals surface area contributed by atoms with E-state index in [1.165, 1.54) is 30.6 Å². The van der Waals surface area contributed by atoms with Crippen LogP contribution in [-0.4, -0.2) is 21.3 Å². The third kappa shape index (κ3) is 2.27. The van der Waals surface area contributed by atoms with E-state index in [0.29, 0.717) is 11.6 Å². The van der Waals surface area contributed by atoms with E-state index in [9.17, 15) is 4.79 Å². The maximum absolute atomic E-state index is 12.4. The average molecular weight is 303 g/mol. The molecule has 0 radical (unpaired) electrons. The smallest absolute Gasteiger partial charge is 0.271 e. The van der Waals surface area contributed by atoms with Crippen molar-refractivity contribution in [2.45, 2.75) is 45.6 Å². The highest BCUT2D eigenvalue weighted by Gasteiger charge is 2.42. The second-order valence-corrected chi connectivity index (χ2v) is 7.97. The fourth-order valence-corrected chi connectivity index (χ4v) is 5.12. The van der Waals surface area contributed by atoms with E-state index >= 15 is 0 Å². The standard InChI is InChI=1S/C16H21N3OS/c1-9-7-19-8-14(18-16(19)21-9)15(20)17-10(2)13-6-11-3-4-12(13)5-11/h7-8,10-13H,3-6H2,1-2H3,(H,17,20). The number of hydrogen-bond donors (Lipinski definition) is 1. The molecule has 0 aromatic carbocycles. The Balaban J connectivity index is 1.46. The second-order valence-electron chi connectivity index (χ2n) is 6.76. The zero-order valence-corrected chi connectivity index (χ0v) is 13.3. The van der Waals surface area contributed by atoms with E-state index < -0.39 is 0 Å². The lowest BCUT2D eigenvalue weighted by atomic mass is 9.84. The Labute approximate surface area is 128 Å². The fraction of sp³-hybridized carbons (Fsp3) is 0.625. The molecule has 21 heavy (non-hydrogen) atoms. The van der Waals surface area contributed by atoms with E-state index in [1.807, 2.05) is 16.8 Å². The van der Waals surface area contributed by atoms with Crippen molar-refractivity contribution >= 4 is 22.2 Å². The number of aromatic nitrogens is 2. The lowest BCUT2D eigenvalue weighted by Gasteiger charge is -2.28. The minimum Gasteiger partial charge on any atom is -0.348 e. The molecule has 4 rings (SSSR count). The Kier molecular flexibility index (Phi) is 3.06. The lowest BCUT2D eigenvalue weighted by molar-refractivity contribution is 0.0911. The van der Waals surface area contributed by atoms with Gasteiger partial charge in [0.2, 0.25) is 0 Å². The number of nitrogens with zero attached hydrogens (tertiary/aromatic N) is 2. The predicted octanol–water partition coefficient (Wildman–Crippen LogP) is 3.26. The van der Waals surface area contributed by atoms with Gasteiger partial charge in [-0.15, -0.1) is 11.3 Å². The van der Waals surface area contributed by atoms with Crippen molar-refractivity contribution in [3.63, 3.8) is 0 Å². The molecule has 2 heterocycles. The Morgan fingerprint density at radius 3 is 2.95 bits per heavy atom. The van der Waals surface area contributed by atoms with Crippen molar-refractivity contribution in [3.05, 3.63) is 23.0 Å². The number of thiazole rings is 1. The first-order valence-corrected chi connectivity index (χ1v) is 8.68. The van der Waals surface area contributed by atoms with Crippen LogP contribution in [0.5, 0.6) is 0 Å². The van der Waals surface area contributed by atoms with Gasteiger partial charge in [-0.1, -0.05) is 6.42 Å². The van der Waals surface area contributed by atoms with Gasteiger partial charge in [0.25, 0.3) is 5.91 Å². The minimum absolute atomic E-state index is 0.0289. The third-order valence-corrected chi connectivity index (χ3v) is 6.21. The normalized spacial score (nSPS) is 29.1. The number of amides is 1. The molecule has 2 aromatic rings.